The Labute approximate surface area is 118 Å². The highest BCUT2D eigenvalue weighted by Crippen LogP contribution is 2.26. The fraction of sp³-hybridized carbons (Fsp3) is 0.533. The summed E-state index contributed by atoms with van der Waals surface area (Å²) >= 11 is 1.74. The van der Waals surface area contributed by atoms with E-state index in [0.717, 1.165) is 29.9 Å². The molecule has 1 heterocycles. The van der Waals surface area contributed by atoms with Crippen molar-refractivity contribution in [1.29, 1.82) is 0 Å². The minimum absolute atomic E-state index is 0.0189. The van der Waals surface area contributed by atoms with Crippen molar-refractivity contribution in [3.8, 4) is 0 Å². The van der Waals surface area contributed by atoms with Gasteiger partial charge in [0.05, 0.1) is 12.0 Å². The first kappa shape index (κ1) is 14.4. The molecule has 0 aliphatic carbocycles. The van der Waals surface area contributed by atoms with Crippen LogP contribution in [0, 0.1) is 0 Å². The average molecular weight is 279 g/mol. The predicted octanol–water partition coefficient (Wildman–Crippen LogP) is 1.78. The molecule has 19 heavy (non-hydrogen) atoms. The first-order chi connectivity index (χ1) is 9.11. The van der Waals surface area contributed by atoms with E-state index in [9.17, 15) is 9.90 Å². The number of aryl methyl sites for hydroxylation is 1. The van der Waals surface area contributed by atoms with E-state index in [4.69, 9.17) is 0 Å². The van der Waals surface area contributed by atoms with E-state index in [1.54, 1.807) is 11.8 Å². The van der Waals surface area contributed by atoms with Crippen molar-refractivity contribution >= 4 is 17.7 Å². The Kier molecular flexibility index (Phi) is 4.88. The number of carbonyl (C=O) groups excluding carboxylic acids is 1. The summed E-state index contributed by atoms with van der Waals surface area (Å²) in [5, 5.41) is 13.0. The van der Waals surface area contributed by atoms with Gasteiger partial charge in [-0.1, -0.05) is 31.2 Å². The molecule has 3 nitrogen and oxygen atoms in total. The van der Waals surface area contributed by atoms with Gasteiger partial charge in [-0.05, 0) is 29.7 Å². The summed E-state index contributed by atoms with van der Waals surface area (Å²) in [6, 6.07) is 8.12. The lowest BCUT2D eigenvalue weighted by Crippen LogP contribution is -2.43. The summed E-state index contributed by atoms with van der Waals surface area (Å²) in [5.74, 6) is 1.68. The second-order valence-corrected chi connectivity index (χ2v) is 6.26. The summed E-state index contributed by atoms with van der Waals surface area (Å²) in [5.41, 5.74) is 1.59. The number of amides is 1. The number of nitrogens with one attached hydrogen (secondary N) is 1. The highest BCUT2D eigenvalue weighted by atomic mass is 32.2. The molecule has 0 saturated carbocycles. The van der Waals surface area contributed by atoms with Crippen LogP contribution in [0.15, 0.2) is 24.3 Å². The van der Waals surface area contributed by atoms with Crippen LogP contribution in [0.1, 0.15) is 24.5 Å². The fourth-order valence-corrected chi connectivity index (χ4v) is 3.43. The molecule has 0 aromatic heterocycles. The van der Waals surface area contributed by atoms with Crippen LogP contribution in [0.25, 0.3) is 0 Å². The van der Waals surface area contributed by atoms with Crippen molar-refractivity contribution in [3.63, 3.8) is 0 Å². The number of hydrogen-bond acceptors (Lipinski definition) is 3. The van der Waals surface area contributed by atoms with E-state index in [-0.39, 0.29) is 5.91 Å². The normalized spacial score (nSPS) is 22.4. The van der Waals surface area contributed by atoms with Crippen molar-refractivity contribution in [3.05, 3.63) is 35.4 Å². The largest absolute Gasteiger partial charge is 0.387 e. The van der Waals surface area contributed by atoms with Gasteiger partial charge in [0.1, 0.15) is 0 Å². The molecular weight excluding hydrogens is 258 g/mol. The number of rotatable bonds is 5. The molecule has 1 aromatic carbocycles. The maximum atomic E-state index is 11.8. The van der Waals surface area contributed by atoms with Gasteiger partial charge < -0.3 is 10.4 Å². The molecule has 2 rings (SSSR count). The minimum Gasteiger partial charge on any atom is -0.387 e. The Balaban J connectivity index is 1.80. The average Bonchev–Trinajstić information content (AvgIpc) is 2.85. The first-order valence-electron chi connectivity index (χ1n) is 6.76. The van der Waals surface area contributed by atoms with Crippen LogP contribution in [0.5, 0.6) is 0 Å². The van der Waals surface area contributed by atoms with Crippen molar-refractivity contribution in [2.24, 2.45) is 0 Å². The maximum absolute atomic E-state index is 11.8. The van der Waals surface area contributed by atoms with Gasteiger partial charge in [0.2, 0.25) is 5.91 Å². The summed E-state index contributed by atoms with van der Waals surface area (Å²) in [7, 11) is 0. The Morgan fingerprint density at radius 1 is 1.37 bits per heavy atom. The van der Waals surface area contributed by atoms with Crippen molar-refractivity contribution in [2.75, 3.05) is 18.1 Å². The summed E-state index contributed by atoms with van der Waals surface area (Å²) in [6.07, 6.45) is 2.16. The molecule has 0 bridgehead atoms. The van der Waals surface area contributed by atoms with Gasteiger partial charge in [-0.25, -0.2) is 0 Å². The van der Waals surface area contributed by atoms with Gasteiger partial charge in [-0.3, -0.25) is 4.79 Å². The zero-order valence-electron chi connectivity index (χ0n) is 11.3. The van der Waals surface area contributed by atoms with Crippen LogP contribution >= 0.6 is 11.8 Å². The lowest BCUT2D eigenvalue weighted by atomic mass is 10.0. The first-order valence-corrected chi connectivity index (χ1v) is 7.91. The van der Waals surface area contributed by atoms with Gasteiger partial charge in [-0.2, -0.15) is 11.8 Å². The van der Waals surface area contributed by atoms with E-state index in [0.29, 0.717) is 13.0 Å². The smallest absolute Gasteiger partial charge is 0.224 e. The van der Waals surface area contributed by atoms with E-state index in [1.807, 2.05) is 12.1 Å². The highest BCUT2D eigenvalue weighted by Gasteiger charge is 2.31. The second-order valence-electron chi connectivity index (χ2n) is 5.15. The maximum Gasteiger partial charge on any atom is 0.224 e. The molecule has 104 valence electrons. The molecule has 1 aromatic rings. The number of carbonyl (C=O) groups is 1. The Morgan fingerprint density at radius 3 is 2.63 bits per heavy atom. The third kappa shape index (κ3) is 4.25. The van der Waals surface area contributed by atoms with Crippen molar-refractivity contribution in [1.82, 2.24) is 5.32 Å². The zero-order chi connectivity index (χ0) is 13.7. The fourth-order valence-electron chi connectivity index (χ4n) is 2.14. The Hall–Kier alpha value is -1.00. The standard InChI is InChI=1S/C15H21NO2S/c1-2-12-3-5-13(6-4-12)9-14(17)16-10-15(18)7-8-19-11-15/h3-6,18H,2,7-11H2,1H3,(H,16,17). The van der Waals surface area contributed by atoms with Crippen molar-refractivity contribution < 1.29 is 9.90 Å². The van der Waals surface area contributed by atoms with Crippen LogP contribution in [0.2, 0.25) is 0 Å². The predicted molar refractivity (Wildman–Crippen MR) is 79.4 cm³/mol. The quantitative estimate of drug-likeness (QED) is 0.864. The topological polar surface area (TPSA) is 49.3 Å². The molecule has 1 aliphatic rings. The third-order valence-electron chi connectivity index (χ3n) is 3.49. The molecule has 0 radical (unpaired) electrons. The molecule has 1 aliphatic heterocycles. The SMILES string of the molecule is CCc1ccc(CC(=O)NCC2(O)CCSC2)cc1. The summed E-state index contributed by atoms with van der Waals surface area (Å²) in [4.78, 5) is 11.8. The van der Waals surface area contributed by atoms with Crippen molar-refractivity contribution in [2.45, 2.75) is 31.8 Å². The van der Waals surface area contributed by atoms with Gasteiger partial charge in [0, 0.05) is 12.3 Å². The zero-order valence-corrected chi connectivity index (χ0v) is 12.1. The molecule has 1 amide bonds. The number of aliphatic hydroxyl groups is 1. The van der Waals surface area contributed by atoms with Crippen LogP contribution in [0.4, 0.5) is 0 Å². The molecular formula is C15H21NO2S. The van der Waals surface area contributed by atoms with Gasteiger partial charge in [0.25, 0.3) is 0 Å². The van der Waals surface area contributed by atoms with E-state index < -0.39 is 5.60 Å². The molecule has 0 spiro atoms. The number of thioether (sulfide) groups is 1. The molecule has 2 N–H and O–H groups in total. The van der Waals surface area contributed by atoms with Gasteiger partial charge in [0.15, 0.2) is 0 Å². The third-order valence-corrected chi connectivity index (χ3v) is 4.73. The minimum atomic E-state index is -0.702. The molecule has 1 atom stereocenters. The molecule has 1 saturated heterocycles. The molecule has 1 unspecified atom stereocenters. The summed E-state index contributed by atoms with van der Waals surface area (Å²) < 4.78 is 0. The highest BCUT2D eigenvalue weighted by molar-refractivity contribution is 7.99. The van der Waals surface area contributed by atoms with Crippen LogP contribution in [-0.4, -0.2) is 34.7 Å². The van der Waals surface area contributed by atoms with Gasteiger partial charge >= 0.3 is 0 Å². The Bertz CT molecular complexity index is 424. The number of hydrogen-bond donors (Lipinski definition) is 2. The van der Waals surface area contributed by atoms with Crippen LogP contribution in [0.3, 0.4) is 0 Å². The lowest BCUT2D eigenvalue weighted by Gasteiger charge is -2.21. The number of benzene rings is 1. The van der Waals surface area contributed by atoms with Crippen LogP contribution < -0.4 is 5.32 Å². The van der Waals surface area contributed by atoms with E-state index in [2.05, 4.69) is 24.4 Å². The monoisotopic (exact) mass is 279 g/mol. The summed E-state index contributed by atoms with van der Waals surface area (Å²) in [6.45, 7) is 2.48. The van der Waals surface area contributed by atoms with E-state index in [1.165, 1.54) is 5.56 Å². The van der Waals surface area contributed by atoms with Crippen LogP contribution in [-0.2, 0) is 17.6 Å². The Morgan fingerprint density at radius 2 is 2.05 bits per heavy atom. The molecule has 1 fully saturated rings. The second kappa shape index (κ2) is 6.44. The van der Waals surface area contributed by atoms with E-state index >= 15 is 0 Å². The lowest BCUT2D eigenvalue weighted by molar-refractivity contribution is -0.121. The van der Waals surface area contributed by atoms with Gasteiger partial charge in [-0.15, -0.1) is 0 Å². The molecule has 4 heteroatoms.